The van der Waals surface area contributed by atoms with Crippen molar-refractivity contribution < 1.29 is 9.72 Å². The third-order valence-electron chi connectivity index (χ3n) is 2.82. The lowest BCUT2D eigenvalue weighted by molar-refractivity contribution is -0.384. The van der Waals surface area contributed by atoms with Crippen molar-refractivity contribution in [1.82, 2.24) is 4.98 Å². The van der Waals surface area contributed by atoms with Crippen molar-refractivity contribution in [2.75, 3.05) is 11.4 Å². The number of amides is 1. The molecule has 1 atom stereocenters. The van der Waals surface area contributed by atoms with Crippen molar-refractivity contribution in [2.24, 2.45) is 5.73 Å². The van der Waals surface area contributed by atoms with E-state index in [1.54, 1.807) is 4.90 Å². The Morgan fingerprint density at radius 2 is 2.41 bits per heavy atom. The molecule has 0 radical (unpaired) electrons. The Bertz CT molecular complexity index is 463. The maximum absolute atomic E-state index is 11.2. The van der Waals surface area contributed by atoms with Crippen LogP contribution in [0.1, 0.15) is 12.8 Å². The Morgan fingerprint density at radius 1 is 1.65 bits per heavy atom. The quantitative estimate of drug-likeness (QED) is 0.606. The summed E-state index contributed by atoms with van der Waals surface area (Å²) in [7, 11) is 0. The monoisotopic (exact) mass is 236 g/mol. The van der Waals surface area contributed by atoms with Gasteiger partial charge in [0.05, 0.1) is 4.92 Å². The maximum Gasteiger partial charge on any atom is 0.311 e. The van der Waals surface area contributed by atoms with Crippen LogP contribution in [0, 0.1) is 10.1 Å². The molecule has 2 N–H and O–H groups in total. The average molecular weight is 236 g/mol. The average Bonchev–Trinajstić information content (AvgIpc) is 2.77. The Kier molecular flexibility index (Phi) is 2.90. The second kappa shape index (κ2) is 4.36. The molecule has 0 saturated carbocycles. The topological polar surface area (TPSA) is 102 Å². The number of nitro groups is 1. The van der Waals surface area contributed by atoms with Crippen LogP contribution in [0.5, 0.6) is 0 Å². The van der Waals surface area contributed by atoms with Crippen molar-refractivity contribution in [3.8, 4) is 0 Å². The molecule has 1 saturated heterocycles. The van der Waals surface area contributed by atoms with Gasteiger partial charge in [-0.15, -0.1) is 0 Å². The van der Waals surface area contributed by atoms with Gasteiger partial charge in [0.1, 0.15) is 6.04 Å². The third-order valence-corrected chi connectivity index (χ3v) is 2.82. The van der Waals surface area contributed by atoms with Gasteiger partial charge in [0, 0.05) is 18.8 Å². The molecule has 0 unspecified atom stereocenters. The van der Waals surface area contributed by atoms with Crippen molar-refractivity contribution >= 4 is 17.4 Å². The number of nitrogens with two attached hydrogens (primary N) is 1. The summed E-state index contributed by atoms with van der Waals surface area (Å²) >= 11 is 0. The van der Waals surface area contributed by atoms with E-state index in [0.717, 1.165) is 6.42 Å². The number of rotatable bonds is 3. The minimum absolute atomic E-state index is 0.0966. The van der Waals surface area contributed by atoms with Gasteiger partial charge in [-0.1, -0.05) is 0 Å². The number of hydrogen-bond acceptors (Lipinski definition) is 5. The van der Waals surface area contributed by atoms with Crippen LogP contribution in [-0.4, -0.2) is 28.4 Å². The fraction of sp³-hybridized carbons (Fsp3) is 0.400. The molecule has 7 nitrogen and oxygen atoms in total. The molecule has 90 valence electrons. The number of pyridine rings is 1. The molecule has 0 spiro atoms. The Morgan fingerprint density at radius 3 is 3.06 bits per heavy atom. The van der Waals surface area contributed by atoms with E-state index in [4.69, 9.17) is 5.73 Å². The molecule has 0 aliphatic carbocycles. The number of hydrogen-bond donors (Lipinski definition) is 1. The molecule has 1 aromatic rings. The molecular weight excluding hydrogens is 224 g/mol. The van der Waals surface area contributed by atoms with Gasteiger partial charge in [0.2, 0.25) is 11.7 Å². The largest absolute Gasteiger partial charge is 0.368 e. The molecule has 17 heavy (non-hydrogen) atoms. The SMILES string of the molecule is NC(=O)[C@@H]1CCCN1c1ncccc1[N+](=O)[O-]. The van der Waals surface area contributed by atoms with E-state index in [9.17, 15) is 14.9 Å². The second-order valence-corrected chi connectivity index (χ2v) is 3.86. The van der Waals surface area contributed by atoms with E-state index in [1.807, 2.05) is 0 Å². The lowest BCUT2D eigenvalue weighted by Gasteiger charge is -2.22. The minimum atomic E-state index is -0.501. The number of carbonyl (C=O) groups is 1. The molecular formula is C10H12N4O3. The lowest BCUT2D eigenvalue weighted by Crippen LogP contribution is -2.41. The zero-order valence-corrected chi connectivity index (χ0v) is 9.07. The summed E-state index contributed by atoms with van der Waals surface area (Å²) < 4.78 is 0. The van der Waals surface area contributed by atoms with Gasteiger partial charge >= 0.3 is 5.69 Å². The van der Waals surface area contributed by atoms with Crippen LogP contribution in [0.25, 0.3) is 0 Å². The zero-order valence-electron chi connectivity index (χ0n) is 9.07. The van der Waals surface area contributed by atoms with Crippen LogP contribution < -0.4 is 10.6 Å². The second-order valence-electron chi connectivity index (χ2n) is 3.86. The summed E-state index contributed by atoms with van der Waals surface area (Å²) in [5.41, 5.74) is 5.18. The van der Waals surface area contributed by atoms with E-state index in [0.29, 0.717) is 13.0 Å². The van der Waals surface area contributed by atoms with Gasteiger partial charge in [0.25, 0.3) is 0 Å². The number of nitrogens with zero attached hydrogens (tertiary/aromatic N) is 3. The van der Waals surface area contributed by atoms with Gasteiger partial charge in [-0.3, -0.25) is 14.9 Å². The van der Waals surface area contributed by atoms with Gasteiger partial charge in [-0.25, -0.2) is 4.98 Å². The van der Waals surface area contributed by atoms with E-state index >= 15 is 0 Å². The Labute approximate surface area is 97.4 Å². The summed E-state index contributed by atoms with van der Waals surface area (Å²) in [6.45, 7) is 0.561. The standard InChI is InChI=1S/C10H12N4O3/c11-9(15)7-4-2-6-13(7)10-8(14(16)17)3-1-5-12-10/h1,3,5,7H,2,4,6H2,(H2,11,15)/t7-/m0/s1. The van der Waals surface area contributed by atoms with Crippen molar-refractivity contribution in [3.05, 3.63) is 28.4 Å². The van der Waals surface area contributed by atoms with Crippen LogP contribution in [0.15, 0.2) is 18.3 Å². The predicted molar refractivity (Wildman–Crippen MR) is 60.5 cm³/mol. The van der Waals surface area contributed by atoms with Gasteiger partial charge < -0.3 is 10.6 Å². The first-order valence-electron chi connectivity index (χ1n) is 5.26. The summed E-state index contributed by atoms with van der Waals surface area (Å²) in [6, 6.07) is 2.37. The fourth-order valence-corrected chi connectivity index (χ4v) is 2.07. The van der Waals surface area contributed by atoms with Crippen LogP contribution in [-0.2, 0) is 4.79 Å². The summed E-state index contributed by atoms with van der Waals surface area (Å²) in [5.74, 6) is -0.249. The first kappa shape index (κ1) is 11.3. The molecule has 1 aromatic heterocycles. The highest BCUT2D eigenvalue weighted by Crippen LogP contribution is 2.30. The van der Waals surface area contributed by atoms with E-state index in [1.165, 1.54) is 18.3 Å². The molecule has 7 heteroatoms. The maximum atomic E-state index is 11.2. The van der Waals surface area contributed by atoms with Gasteiger partial charge in [0.15, 0.2) is 0 Å². The number of aromatic nitrogens is 1. The van der Waals surface area contributed by atoms with Crippen molar-refractivity contribution in [3.63, 3.8) is 0 Å². The molecule has 1 aliphatic heterocycles. The Balaban J connectivity index is 2.39. The van der Waals surface area contributed by atoms with Gasteiger partial charge in [-0.2, -0.15) is 0 Å². The van der Waals surface area contributed by atoms with E-state index in [-0.39, 0.29) is 11.5 Å². The first-order chi connectivity index (χ1) is 8.11. The highest BCUT2D eigenvalue weighted by atomic mass is 16.6. The molecule has 1 fully saturated rings. The summed E-state index contributed by atoms with van der Waals surface area (Å²) in [5, 5.41) is 10.9. The normalized spacial score (nSPS) is 19.3. The molecule has 0 aromatic carbocycles. The van der Waals surface area contributed by atoms with E-state index < -0.39 is 16.9 Å². The van der Waals surface area contributed by atoms with Crippen molar-refractivity contribution in [1.29, 1.82) is 0 Å². The fourth-order valence-electron chi connectivity index (χ4n) is 2.07. The van der Waals surface area contributed by atoms with Crippen LogP contribution in [0.2, 0.25) is 0 Å². The summed E-state index contributed by atoms with van der Waals surface area (Å²) in [6.07, 6.45) is 2.86. The lowest BCUT2D eigenvalue weighted by atomic mass is 10.2. The van der Waals surface area contributed by atoms with E-state index in [2.05, 4.69) is 4.98 Å². The smallest absolute Gasteiger partial charge is 0.311 e. The van der Waals surface area contributed by atoms with Crippen molar-refractivity contribution in [2.45, 2.75) is 18.9 Å². The molecule has 0 bridgehead atoms. The van der Waals surface area contributed by atoms with Crippen LogP contribution >= 0.6 is 0 Å². The molecule has 1 amide bonds. The van der Waals surface area contributed by atoms with Crippen LogP contribution in [0.4, 0.5) is 11.5 Å². The molecule has 2 heterocycles. The predicted octanol–water partition coefficient (Wildman–Crippen LogP) is 0.444. The van der Waals surface area contributed by atoms with Gasteiger partial charge in [-0.05, 0) is 18.9 Å². The number of anilines is 1. The minimum Gasteiger partial charge on any atom is -0.368 e. The number of carbonyl (C=O) groups excluding carboxylic acids is 1. The third kappa shape index (κ3) is 2.03. The zero-order chi connectivity index (χ0) is 12.4. The molecule has 1 aliphatic rings. The highest BCUT2D eigenvalue weighted by Gasteiger charge is 2.33. The molecule has 2 rings (SSSR count). The Hall–Kier alpha value is -2.18. The highest BCUT2D eigenvalue weighted by molar-refractivity contribution is 5.84. The summed E-state index contributed by atoms with van der Waals surface area (Å²) in [4.78, 5) is 27.2. The first-order valence-corrected chi connectivity index (χ1v) is 5.26. The van der Waals surface area contributed by atoms with Crippen LogP contribution in [0.3, 0.4) is 0 Å². The number of primary amides is 1.